The van der Waals surface area contributed by atoms with E-state index in [2.05, 4.69) is 94.0 Å². The molecule has 4 nitrogen and oxygen atoms in total. The molecule has 0 bridgehead atoms. The van der Waals surface area contributed by atoms with Crippen LogP contribution in [0.5, 0.6) is 11.5 Å². The summed E-state index contributed by atoms with van der Waals surface area (Å²) >= 11 is 25.2. The maximum atomic E-state index is 7.09. The average molecular weight is 677 g/mol. The van der Waals surface area contributed by atoms with Gasteiger partial charge in [0.05, 0.1) is 74.9 Å². The summed E-state index contributed by atoms with van der Waals surface area (Å²) in [4.78, 5) is 0. The summed E-state index contributed by atoms with van der Waals surface area (Å²) in [7, 11) is 0.200. The van der Waals surface area contributed by atoms with Gasteiger partial charge >= 0.3 is 0 Å². The molecule has 1 aromatic carbocycles. The van der Waals surface area contributed by atoms with Crippen LogP contribution < -0.4 is 8.85 Å². The van der Waals surface area contributed by atoms with Crippen molar-refractivity contribution in [1.82, 2.24) is 0 Å². The Balaban J connectivity index is 3.97. The SMILES string of the molecule is CC(C)(C)[Si](C)(C)Oc1cc(C[N+](C)(CCCl)CCCl)c(O[Si](C)(C)C(C)(C)C)cc1C[N+](C)(CCCl)CCCl. The lowest BCUT2D eigenvalue weighted by Crippen LogP contribution is -2.48. The van der Waals surface area contributed by atoms with Crippen LogP contribution in [-0.4, -0.2) is 89.4 Å². The second-order valence-corrected chi connectivity index (χ2v) is 26.0. The highest BCUT2D eigenvalue weighted by molar-refractivity contribution is 6.75. The lowest BCUT2D eigenvalue weighted by Gasteiger charge is -2.41. The van der Waals surface area contributed by atoms with Crippen LogP contribution in [0.4, 0.5) is 0 Å². The number of halogens is 4. The van der Waals surface area contributed by atoms with Gasteiger partial charge in [-0.25, -0.2) is 0 Å². The van der Waals surface area contributed by atoms with E-state index in [9.17, 15) is 0 Å². The molecule has 0 heterocycles. The van der Waals surface area contributed by atoms with Gasteiger partial charge in [0.15, 0.2) is 0 Å². The molecule has 0 aliphatic rings. The van der Waals surface area contributed by atoms with E-state index in [-0.39, 0.29) is 10.1 Å². The lowest BCUT2D eigenvalue weighted by molar-refractivity contribution is -0.918. The second kappa shape index (κ2) is 14.9. The van der Waals surface area contributed by atoms with E-state index in [1.54, 1.807) is 0 Å². The van der Waals surface area contributed by atoms with Crippen LogP contribution >= 0.6 is 46.4 Å². The van der Waals surface area contributed by atoms with Gasteiger partial charge in [0, 0.05) is 0 Å². The number of benzene rings is 1. The van der Waals surface area contributed by atoms with E-state index in [0.29, 0.717) is 23.5 Å². The molecular formula is C30H58Cl4N2O2Si2+2. The zero-order chi connectivity index (χ0) is 31.2. The van der Waals surface area contributed by atoms with E-state index < -0.39 is 16.6 Å². The summed E-state index contributed by atoms with van der Waals surface area (Å²) in [5, 5.41) is 0.125. The summed E-state index contributed by atoms with van der Waals surface area (Å²) < 4.78 is 15.7. The van der Waals surface area contributed by atoms with Gasteiger partial charge in [-0.15, -0.1) is 46.4 Å². The van der Waals surface area contributed by atoms with Crippen molar-refractivity contribution in [2.75, 3.05) is 63.8 Å². The van der Waals surface area contributed by atoms with Gasteiger partial charge in [-0.05, 0) is 48.4 Å². The molecule has 0 spiro atoms. The molecule has 0 unspecified atom stereocenters. The Labute approximate surface area is 269 Å². The number of rotatable bonds is 16. The van der Waals surface area contributed by atoms with Crippen molar-refractivity contribution in [2.45, 2.75) is 90.9 Å². The van der Waals surface area contributed by atoms with E-state index in [0.717, 1.165) is 70.9 Å². The third-order valence-electron chi connectivity index (χ3n) is 9.19. The van der Waals surface area contributed by atoms with Gasteiger partial charge in [0.2, 0.25) is 16.6 Å². The number of hydrogen-bond acceptors (Lipinski definition) is 2. The van der Waals surface area contributed by atoms with Crippen molar-refractivity contribution < 1.29 is 17.8 Å². The molecule has 0 saturated carbocycles. The fourth-order valence-corrected chi connectivity index (χ4v) is 7.84. The van der Waals surface area contributed by atoms with Crippen molar-refractivity contribution in [1.29, 1.82) is 0 Å². The molecule has 40 heavy (non-hydrogen) atoms. The quantitative estimate of drug-likeness (QED) is 0.0988. The molecule has 0 aliphatic heterocycles. The normalized spacial score (nSPS) is 14.0. The number of alkyl halides is 4. The Kier molecular flexibility index (Phi) is 14.3. The molecular weight excluding hydrogens is 618 g/mol. The molecule has 10 heteroatoms. The minimum atomic E-state index is -2.13. The van der Waals surface area contributed by atoms with Crippen molar-refractivity contribution in [3.8, 4) is 11.5 Å². The molecule has 234 valence electrons. The van der Waals surface area contributed by atoms with Crippen LogP contribution in [0, 0.1) is 0 Å². The molecule has 0 N–H and O–H groups in total. The fraction of sp³-hybridized carbons (Fsp3) is 0.800. The van der Waals surface area contributed by atoms with Crippen LogP contribution in [0.3, 0.4) is 0 Å². The zero-order valence-corrected chi connectivity index (χ0v) is 32.5. The van der Waals surface area contributed by atoms with E-state index >= 15 is 0 Å². The smallest absolute Gasteiger partial charge is 0.250 e. The molecule has 0 aliphatic carbocycles. The molecule has 0 atom stereocenters. The number of hydrogen-bond donors (Lipinski definition) is 0. The fourth-order valence-electron chi connectivity index (χ4n) is 4.12. The first-order valence-electron chi connectivity index (χ1n) is 14.5. The highest BCUT2D eigenvalue weighted by atomic mass is 35.5. The second-order valence-electron chi connectivity index (χ2n) is 15.0. The lowest BCUT2D eigenvalue weighted by atomic mass is 10.1. The van der Waals surface area contributed by atoms with Crippen LogP contribution in [-0.2, 0) is 13.1 Å². The van der Waals surface area contributed by atoms with Gasteiger partial charge in [-0.1, -0.05) is 41.5 Å². The highest BCUT2D eigenvalue weighted by Gasteiger charge is 2.42. The summed E-state index contributed by atoms with van der Waals surface area (Å²) in [6.07, 6.45) is 0. The topological polar surface area (TPSA) is 18.5 Å². The van der Waals surface area contributed by atoms with Crippen molar-refractivity contribution in [3.63, 3.8) is 0 Å². The average Bonchev–Trinajstić information content (AvgIpc) is 2.75. The van der Waals surface area contributed by atoms with Crippen molar-refractivity contribution >= 4 is 63.0 Å². The minimum Gasteiger partial charge on any atom is -0.543 e. The largest absolute Gasteiger partial charge is 0.543 e. The molecule has 0 saturated heterocycles. The number of quaternary nitrogens is 2. The van der Waals surface area contributed by atoms with Gasteiger partial charge < -0.3 is 17.8 Å². The maximum absolute atomic E-state index is 7.09. The predicted molar refractivity (Wildman–Crippen MR) is 184 cm³/mol. The van der Waals surface area contributed by atoms with Gasteiger partial charge in [-0.2, -0.15) is 0 Å². The molecule has 1 rings (SSSR count). The first-order chi connectivity index (χ1) is 18.1. The van der Waals surface area contributed by atoms with Crippen molar-refractivity contribution in [2.24, 2.45) is 0 Å². The number of nitrogens with zero attached hydrogens (tertiary/aromatic N) is 2. The van der Waals surface area contributed by atoms with Crippen LogP contribution in [0.15, 0.2) is 12.1 Å². The zero-order valence-electron chi connectivity index (χ0n) is 27.4. The van der Waals surface area contributed by atoms with Gasteiger partial charge in [0.1, 0.15) is 24.6 Å². The standard InChI is InChI=1S/C30H58Cl4N2O2Si2/c1-29(2,3)39(9,10)37-27-21-26(24-36(8,19-15-33)20-16-34)28(38-40(11,12)30(4,5)6)22-25(27)23-35(7,17-13-31)18-14-32/h21-22H,13-20,23-24H2,1-12H3/q+2. The Hall–Kier alpha value is 0.334. The molecule has 1 aromatic rings. The van der Waals surface area contributed by atoms with Gasteiger partial charge in [-0.3, -0.25) is 0 Å². The third kappa shape index (κ3) is 10.8. The Bertz CT molecular complexity index is 859. The Morgan fingerprint density at radius 1 is 0.575 bits per heavy atom. The molecule has 0 radical (unpaired) electrons. The monoisotopic (exact) mass is 674 g/mol. The molecule has 0 fully saturated rings. The van der Waals surface area contributed by atoms with E-state index in [4.69, 9.17) is 55.3 Å². The van der Waals surface area contributed by atoms with Gasteiger partial charge in [0.25, 0.3) is 0 Å². The summed E-state index contributed by atoms with van der Waals surface area (Å²) in [5.41, 5.74) is 2.31. The minimum absolute atomic E-state index is 0.0625. The van der Waals surface area contributed by atoms with Crippen LogP contribution in [0.25, 0.3) is 0 Å². The Morgan fingerprint density at radius 3 is 1.02 bits per heavy atom. The van der Waals surface area contributed by atoms with Crippen LogP contribution in [0.1, 0.15) is 52.7 Å². The highest BCUT2D eigenvalue weighted by Crippen LogP contribution is 2.43. The molecule has 0 amide bonds. The summed E-state index contributed by atoms with van der Waals surface area (Å²) in [5.74, 6) is 4.21. The summed E-state index contributed by atoms with van der Waals surface area (Å²) in [6, 6.07) is 4.53. The predicted octanol–water partition coefficient (Wildman–Crippen LogP) is 9.30. The Morgan fingerprint density at radius 2 is 0.825 bits per heavy atom. The third-order valence-corrected chi connectivity index (χ3v) is 18.5. The maximum Gasteiger partial charge on any atom is 0.250 e. The van der Waals surface area contributed by atoms with Crippen molar-refractivity contribution in [3.05, 3.63) is 23.3 Å². The van der Waals surface area contributed by atoms with E-state index in [1.165, 1.54) is 0 Å². The first kappa shape index (κ1) is 38.4. The van der Waals surface area contributed by atoms with Crippen LogP contribution in [0.2, 0.25) is 36.3 Å². The van der Waals surface area contributed by atoms with E-state index in [1.807, 2.05) is 0 Å². The molecule has 0 aromatic heterocycles. The first-order valence-corrected chi connectivity index (χ1v) is 22.5. The summed E-state index contributed by atoms with van der Waals surface area (Å²) in [6.45, 7) is 27.8.